The van der Waals surface area contributed by atoms with Crippen LogP contribution in [0.15, 0.2) is 52.2 Å². The smallest absolute Gasteiger partial charge is 0.277 e. The summed E-state index contributed by atoms with van der Waals surface area (Å²) in [6, 6.07) is 10.2. The van der Waals surface area contributed by atoms with Crippen molar-refractivity contribution < 1.29 is 8.81 Å². The first-order chi connectivity index (χ1) is 9.72. The number of nitrogens with zero attached hydrogens (tertiary/aromatic N) is 2. The van der Waals surface area contributed by atoms with Gasteiger partial charge in [-0.1, -0.05) is 23.9 Å². The zero-order valence-corrected chi connectivity index (χ0v) is 11.5. The fourth-order valence-corrected chi connectivity index (χ4v) is 2.59. The number of H-pyrrole nitrogens is 1. The van der Waals surface area contributed by atoms with Gasteiger partial charge in [-0.3, -0.25) is 0 Å². The van der Waals surface area contributed by atoms with Crippen molar-refractivity contribution in [2.24, 2.45) is 0 Å². The van der Waals surface area contributed by atoms with Crippen LogP contribution in [0.2, 0.25) is 0 Å². The summed E-state index contributed by atoms with van der Waals surface area (Å²) in [6.07, 6.45) is 1.80. The number of hydrogen-bond acceptors (Lipinski definition) is 4. The van der Waals surface area contributed by atoms with Crippen LogP contribution in [0, 0.1) is 5.82 Å². The van der Waals surface area contributed by atoms with Gasteiger partial charge in [0.2, 0.25) is 0 Å². The Morgan fingerprint density at radius 3 is 2.70 bits per heavy atom. The molecule has 0 aliphatic heterocycles. The molecule has 20 heavy (non-hydrogen) atoms. The molecule has 0 aliphatic rings. The number of hydrogen-bond donors (Lipinski definition) is 1. The lowest BCUT2D eigenvalue weighted by molar-refractivity contribution is 0.464. The molecule has 1 unspecified atom stereocenters. The molecule has 1 atom stereocenters. The maximum atomic E-state index is 12.9. The summed E-state index contributed by atoms with van der Waals surface area (Å²) in [6.45, 7) is 2.01. The van der Waals surface area contributed by atoms with E-state index in [1.165, 1.54) is 23.9 Å². The Morgan fingerprint density at radius 2 is 2.00 bits per heavy atom. The van der Waals surface area contributed by atoms with Crippen LogP contribution in [0.3, 0.4) is 0 Å². The van der Waals surface area contributed by atoms with Gasteiger partial charge in [0.15, 0.2) is 0 Å². The molecule has 0 amide bonds. The van der Waals surface area contributed by atoms with E-state index in [0.29, 0.717) is 11.1 Å². The van der Waals surface area contributed by atoms with Gasteiger partial charge in [-0.2, -0.15) is 0 Å². The Labute approximate surface area is 119 Å². The van der Waals surface area contributed by atoms with E-state index < -0.39 is 0 Å². The van der Waals surface area contributed by atoms with Crippen molar-refractivity contribution in [1.82, 2.24) is 15.2 Å². The second-order valence-corrected chi connectivity index (χ2v) is 5.56. The first-order valence-electron chi connectivity index (χ1n) is 6.12. The Bertz CT molecular complexity index is 679. The van der Waals surface area contributed by atoms with Gasteiger partial charge in [-0.05, 0) is 36.8 Å². The lowest BCUT2D eigenvalue weighted by Gasteiger charge is -2.07. The number of aromatic nitrogens is 3. The minimum atomic E-state index is -0.238. The van der Waals surface area contributed by atoms with Crippen molar-refractivity contribution in [1.29, 1.82) is 0 Å². The topological polar surface area (TPSA) is 54.7 Å². The summed E-state index contributed by atoms with van der Waals surface area (Å²) >= 11 is 1.44. The van der Waals surface area contributed by atoms with E-state index in [-0.39, 0.29) is 11.1 Å². The van der Waals surface area contributed by atoms with Crippen molar-refractivity contribution in [3.05, 3.63) is 54.0 Å². The van der Waals surface area contributed by atoms with Crippen LogP contribution in [0.4, 0.5) is 4.39 Å². The van der Waals surface area contributed by atoms with E-state index in [0.717, 1.165) is 11.3 Å². The average Bonchev–Trinajstić information content (AvgIpc) is 3.09. The number of benzene rings is 1. The minimum Gasteiger partial charge on any atom is -0.410 e. The molecular formula is C14H12FN3OS. The lowest BCUT2D eigenvalue weighted by Crippen LogP contribution is -1.88. The summed E-state index contributed by atoms with van der Waals surface area (Å²) < 4.78 is 18.5. The molecule has 0 fully saturated rings. The van der Waals surface area contributed by atoms with Crippen molar-refractivity contribution in [3.8, 4) is 11.6 Å². The third-order valence-corrected chi connectivity index (χ3v) is 3.84. The predicted molar refractivity (Wildman–Crippen MR) is 74.8 cm³/mol. The van der Waals surface area contributed by atoms with Gasteiger partial charge in [-0.15, -0.1) is 10.2 Å². The van der Waals surface area contributed by atoms with Crippen molar-refractivity contribution in [2.75, 3.05) is 0 Å². The number of aromatic amines is 1. The number of nitrogens with one attached hydrogen (secondary N) is 1. The van der Waals surface area contributed by atoms with Crippen LogP contribution in [0.25, 0.3) is 11.6 Å². The van der Waals surface area contributed by atoms with E-state index in [4.69, 9.17) is 4.42 Å². The maximum absolute atomic E-state index is 12.9. The second-order valence-electron chi connectivity index (χ2n) is 4.27. The third-order valence-electron chi connectivity index (χ3n) is 2.85. The lowest BCUT2D eigenvalue weighted by atomic mass is 10.2. The summed E-state index contributed by atoms with van der Waals surface area (Å²) in [5.41, 5.74) is 1.80. The fourth-order valence-electron chi connectivity index (χ4n) is 1.78. The average molecular weight is 289 g/mol. The van der Waals surface area contributed by atoms with E-state index in [9.17, 15) is 4.39 Å². The Balaban J connectivity index is 1.73. The number of thioether (sulfide) groups is 1. The van der Waals surface area contributed by atoms with Gasteiger partial charge in [0, 0.05) is 11.4 Å². The first-order valence-corrected chi connectivity index (χ1v) is 7.00. The van der Waals surface area contributed by atoms with Crippen LogP contribution in [-0.2, 0) is 0 Å². The molecule has 3 aromatic rings. The van der Waals surface area contributed by atoms with E-state index in [1.54, 1.807) is 18.3 Å². The van der Waals surface area contributed by atoms with Crippen LogP contribution < -0.4 is 0 Å². The molecule has 0 bridgehead atoms. The molecule has 2 aromatic heterocycles. The molecule has 102 valence electrons. The molecule has 4 nitrogen and oxygen atoms in total. The standard InChI is InChI=1S/C14H12FN3OS/c1-9(10-4-6-11(15)7-5-10)20-14-18-17-13(19-14)12-3-2-8-16-12/h2-9,16H,1H3. The highest BCUT2D eigenvalue weighted by Gasteiger charge is 2.14. The van der Waals surface area contributed by atoms with Gasteiger partial charge in [0.1, 0.15) is 11.5 Å². The molecule has 6 heteroatoms. The quantitative estimate of drug-likeness (QED) is 0.736. The first kappa shape index (κ1) is 12.9. The second kappa shape index (κ2) is 5.50. The van der Waals surface area contributed by atoms with Crippen molar-refractivity contribution in [3.63, 3.8) is 0 Å². The SMILES string of the molecule is CC(Sc1nnc(-c2ccc[nH]2)o1)c1ccc(F)cc1. The summed E-state index contributed by atoms with van der Waals surface area (Å²) in [5, 5.41) is 8.59. The van der Waals surface area contributed by atoms with Crippen LogP contribution in [0.1, 0.15) is 17.7 Å². The Kier molecular flexibility index (Phi) is 3.56. The van der Waals surface area contributed by atoms with Crippen molar-refractivity contribution in [2.45, 2.75) is 17.4 Å². The highest BCUT2D eigenvalue weighted by molar-refractivity contribution is 7.99. The van der Waals surface area contributed by atoms with Gasteiger partial charge in [0.25, 0.3) is 11.1 Å². The summed E-state index contributed by atoms with van der Waals surface area (Å²) in [4.78, 5) is 3.01. The molecule has 0 spiro atoms. The largest absolute Gasteiger partial charge is 0.410 e. The maximum Gasteiger partial charge on any atom is 0.277 e. The molecule has 0 saturated carbocycles. The van der Waals surface area contributed by atoms with E-state index in [2.05, 4.69) is 15.2 Å². The van der Waals surface area contributed by atoms with Crippen molar-refractivity contribution >= 4 is 11.8 Å². The van der Waals surface area contributed by atoms with Crippen LogP contribution >= 0.6 is 11.8 Å². The van der Waals surface area contributed by atoms with Gasteiger partial charge in [0.05, 0.1) is 0 Å². The van der Waals surface area contributed by atoms with Gasteiger partial charge >= 0.3 is 0 Å². The molecule has 0 saturated heterocycles. The summed E-state index contributed by atoms with van der Waals surface area (Å²) in [5.74, 6) is 0.224. The number of rotatable bonds is 4. The molecule has 3 rings (SSSR count). The van der Waals surface area contributed by atoms with Gasteiger partial charge in [-0.25, -0.2) is 4.39 Å². The van der Waals surface area contributed by atoms with Gasteiger partial charge < -0.3 is 9.40 Å². The predicted octanol–water partition coefficient (Wildman–Crippen LogP) is 4.06. The monoisotopic (exact) mass is 289 g/mol. The van der Waals surface area contributed by atoms with Crippen LogP contribution in [0.5, 0.6) is 0 Å². The zero-order chi connectivity index (χ0) is 13.9. The third kappa shape index (κ3) is 2.75. The van der Waals surface area contributed by atoms with E-state index in [1.807, 2.05) is 19.1 Å². The number of halogens is 1. The minimum absolute atomic E-state index is 0.104. The van der Waals surface area contributed by atoms with Crippen LogP contribution in [-0.4, -0.2) is 15.2 Å². The summed E-state index contributed by atoms with van der Waals surface area (Å²) in [7, 11) is 0. The fraction of sp³-hybridized carbons (Fsp3) is 0.143. The molecular weight excluding hydrogens is 277 g/mol. The van der Waals surface area contributed by atoms with E-state index >= 15 is 0 Å². The highest BCUT2D eigenvalue weighted by Crippen LogP contribution is 2.34. The molecule has 0 radical (unpaired) electrons. The Morgan fingerprint density at radius 1 is 1.20 bits per heavy atom. The molecule has 1 aromatic carbocycles. The normalized spacial score (nSPS) is 12.5. The molecule has 2 heterocycles. The zero-order valence-electron chi connectivity index (χ0n) is 10.7. The Hall–Kier alpha value is -2.08. The highest BCUT2D eigenvalue weighted by atomic mass is 32.2. The molecule has 0 aliphatic carbocycles. The molecule has 1 N–H and O–H groups in total.